The summed E-state index contributed by atoms with van der Waals surface area (Å²) >= 11 is 0. The van der Waals surface area contributed by atoms with Crippen LogP contribution in [0.2, 0.25) is 0 Å². The quantitative estimate of drug-likeness (QED) is 0.614. The smallest absolute Gasteiger partial charge is 0.384 e. The van der Waals surface area contributed by atoms with Gasteiger partial charge < -0.3 is 10.4 Å². The monoisotopic (exact) mass is 309 g/mol. The molecule has 2 N–H and O–H groups in total. The SMILES string of the molecule is O=[N+]([O-])c1ccc(NCC[C@@H](O)C(F)(F)F)c([N+](=O)[O-])c1. The molecule has 0 amide bonds. The molecular formula is C10H10F3N3O5. The molecule has 0 saturated heterocycles. The van der Waals surface area contributed by atoms with E-state index in [2.05, 4.69) is 5.32 Å². The summed E-state index contributed by atoms with van der Waals surface area (Å²) in [5.41, 5.74) is -1.31. The van der Waals surface area contributed by atoms with E-state index in [-0.39, 0.29) is 12.2 Å². The highest BCUT2D eigenvalue weighted by molar-refractivity contribution is 5.65. The summed E-state index contributed by atoms with van der Waals surface area (Å²) in [4.78, 5) is 19.5. The topological polar surface area (TPSA) is 119 Å². The van der Waals surface area contributed by atoms with Crippen LogP contribution in [0.15, 0.2) is 18.2 Å². The third-order valence-corrected chi connectivity index (χ3v) is 2.50. The number of hydrogen-bond donors (Lipinski definition) is 2. The van der Waals surface area contributed by atoms with E-state index in [1.807, 2.05) is 0 Å². The van der Waals surface area contributed by atoms with E-state index < -0.39 is 39.9 Å². The second kappa shape index (κ2) is 6.35. The van der Waals surface area contributed by atoms with E-state index in [1.54, 1.807) is 0 Å². The van der Waals surface area contributed by atoms with E-state index in [0.29, 0.717) is 6.07 Å². The Morgan fingerprint density at radius 3 is 2.33 bits per heavy atom. The van der Waals surface area contributed by atoms with Gasteiger partial charge in [0.25, 0.3) is 11.4 Å². The third kappa shape index (κ3) is 4.56. The van der Waals surface area contributed by atoms with Crippen LogP contribution in [0.25, 0.3) is 0 Å². The lowest BCUT2D eigenvalue weighted by atomic mass is 10.2. The number of aliphatic hydroxyl groups is 1. The first-order chi connectivity index (χ1) is 9.62. The van der Waals surface area contributed by atoms with Crippen molar-refractivity contribution < 1.29 is 28.1 Å². The van der Waals surface area contributed by atoms with Crippen molar-refractivity contribution in [3.63, 3.8) is 0 Å². The highest BCUT2D eigenvalue weighted by Gasteiger charge is 2.37. The van der Waals surface area contributed by atoms with Crippen LogP contribution in [0.5, 0.6) is 0 Å². The van der Waals surface area contributed by atoms with Crippen molar-refractivity contribution in [2.24, 2.45) is 0 Å². The van der Waals surface area contributed by atoms with Crippen molar-refractivity contribution in [3.8, 4) is 0 Å². The van der Waals surface area contributed by atoms with E-state index in [0.717, 1.165) is 12.1 Å². The van der Waals surface area contributed by atoms with Gasteiger partial charge in [0.05, 0.1) is 15.9 Å². The molecule has 0 aliphatic heterocycles. The summed E-state index contributed by atoms with van der Waals surface area (Å²) in [6.45, 7) is -0.390. The van der Waals surface area contributed by atoms with Gasteiger partial charge in [-0.1, -0.05) is 0 Å². The molecule has 0 aromatic heterocycles. The van der Waals surface area contributed by atoms with Crippen LogP contribution in [0.1, 0.15) is 6.42 Å². The summed E-state index contributed by atoms with van der Waals surface area (Å²) in [6.07, 6.45) is -8.04. The molecule has 11 heteroatoms. The Bertz CT molecular complexity index is 549. The summed E-state index contributed by atoms with van der Waals surface area (Å²) < 4.78 is 36.2. The van der Waals surface area contributed by atoms with E-state index >= 15 is 0 Å². The minimum absolute atomic E-state index is 0.167. The van der Waals surface area contributed by atoms with Crippen molar-refractivity contribution in [2.75, 3.05) is 11.9 Å². The zero-order chi connectivity index (χ0) is 16.2. The second-order valence-electron chi connectivity index (χ2n) is 3.99. The molecule has 1 rings (SSSR count). The van der Waals surface area contributed by atoms with Gasteiger partial charge in [-0.2, -0.15) is 13.2 Å². The number of non-ortho nitro benzene ring substituents is 1. The summed E-state index contributed by atoms with van der Waals surface area (Å²) in [7, 11) is 0. The number of aliphatic hydroxyl groups excluding tert-OH is 1. The van der Waals surface area contributed by atoms with Crippen LogP contribution in [0, 0.1) is 20.2 Å². The van der Waals surface area contributed by atoms with E-state index in [9.17, 15) is 33.4 Å². The first-order valence-corrected chi connectivity index (χ1v) is 5.54. The van der Waals surface area contributed by atoms with Crippen molar-refractivity contribution in [1.29, 1.82) is 0 Å². The number of nitrogens with one attached hydrogen (secondary N) is 1. The number of nitro groups is 2. The number of hydrogen-bond acceptors (Lipinski definition) is 6. The molecule has 0 saturated carbocycles. The van der Waals surface area contributed by atoms with Gasteiger partial charge in [0.2, 0.25) is 0 Å². The molecule has 0 fully saturated rings. The van der Waals surface area contributed by atoms with Crippen molar-refractivity contribution in [3.05, 3.63) is 38.4 Å². The summed E-state index contributed by atoms with van der Waals surface area (Å²) in [5, 5.41) is 32.4. The number of rotatable bonds is 6. The van der Waals surface area contributed by atoms with Crippen molar-refractivity contribution in [2.45, 2.75) is 18.7 Å². The fourth-order valence-electron chi connectivity index (χ4n) is 1.44. The molecule has 0 aliphatic carbocycles. The molecule has 0 unspecified atom stereocenters. The van der Waals surface area contributed by atoms with Gasteiger partial charge in [-0.05, 0) is 12.5 Å². The van der Waals surface area contributed by atoms with Crippen LogP contribution in [0.4, 0.5) is 30.2 Å². The van der Waals surface area contributed by atoms with Gasteiger partial charge in [-0.25, -0.2) is 0 Å². The van der Waals surface area contributed by atoms with Crippen molar-refractivity contribution in [1.82, 2.24) is 0 Å². The lowest BCUT2D eigenvalue weighted by Crippen LogP contribution is -2.30. The molecular weight excluding hydrogens is 299 g/mol. The highest BCUT2D eigenvalue weighted by atomic mass is 19.4. The molecule has 0 bridgehead atoms. The molecule has 1 atom stereocenters. The van der Waals surface area contributed by atoms with Gasteiger partial charge in [-0.15, -0.1) is 0 Å². The predicted molar refractivity (Wildman–Crippen MR) is 64.9 cm³/mol. The number of benzene rings is 1. The molecule has 21 heavy (non-hydrogen) atoms. The average molecular weight is 309 g/mol. The van der Waals surface area contributed by atoms with E-state index in [1.165, 1.54) is 0 Å². The predicted octanol–water partition coefficient (Wildman–Crippen LogP) is 2.23. The maximum Gasteiger partial charge on any atom is 0.414 e. The third-order valence-electron chi connectivity index (χ3n) is 2.50. The highest BCUT2D eigenvalue weighted by Crippen LogP contribution is 2.29. The van der Waals surface area contributed by atoms with Gasteiger partial charge >= 0.3 is 6.18 Å². The largest absolute Gasteiger partial charge is 0.414 e. The van der Waals surface area contributed by atoms with Gasteiger partial charge in [0.15, 0.2) is 6.10 Å². The van der Waals surface area contributed by atoms with Crippen molar-refractivity contribution >= 4 is 17.1 Å². The lowest BCUT2D eigenvalue weighted by molar-refractivity contribution is -0.393. The fourth-order valence-corrected chi connectivity index (χ4v) is 1.44. The number of nitrogens with zero attached hydrogens (tertiary/aromatic N) is 2. The van der Waals surface area contributed by atoms with Gasteiger partial charge in [0, 0.05) is 12.6 Å². The first-order valence-electron chi connectivity index (χ1n) is 5.54. The zero-order valence-electron chi connectivity index (χ0n) is 10.3. The Balaban J connectivity index is 2.80. The van der Waals surface area contributed by atoms with Crippen LogP contribution in [-0.2, 0) is 0 Å². The van der Waals surface area contributed by atoms with Crippen LogP contribution >= 0.6 is 0 Å². The molecule has 8 nitrogen and oxygen atoms in total. The number of halogens is 3. The zero-order valence-corrected chi connectivity index (χ0v) is 10.3. The second-order valence-corrected chi connectivity index (χ2v) is 3.99. The average Bonchev–Trinajstić information content (AvgIpc) is 2.37. The molecule has 1 aromatic rings. The molecule has 0 heterocycles. The Labute approximate surface area is 115 Å². The Morgan fingerprint density at radius 1 is 1.24 bits per heavy atom. The maximum atomic E-state index is 12.1. The molecule has 0 aliphatic rings. The number of alkyl halides is 3. The first kappa shape index (κ1) is 16.6. The summed E-state index contributed by atoms with van der Waals surface area (Å²) in [6, 6.07) is 2.70. The van der Waals surface area contributed by atoms with Gasteiger partial charge in [-0.3, -0.25) is 20.2 Å². The molecule has 1 aromatic carbocycles. The summed E-state index contributed by atoms with van der Waals surface area (Å²) in [5.74, 6) is 0. The van der Waals surface area contributed by atoms with Gasteiger partial charge in [0.1, 0.15) is 5.69 Å². The molecule has 116 valence electrons. The van der Waals surface area contributed by atoms with E-state index in [4.69, 9.17) is 5.11 Å². The minimum atomic E-state index is -4.77. The Morgan fingerprint density at radius 2 is 1.86 bits per heavy atom. The number of anilines is 1. The minimum Gasteiger partial charge on any atom is -0.384 e. The number of nitro benzene ring substituents is 2. The molecule has 0 radical (unpaired) electrons. The standard InChI is InChI=1S/C10H10F3N3O5/c11-10(12,13)9(17)3-4-14-7-2-1-6(15(18)19)5-8(7)16(20)21/h1-2,5,9,14,17H,3-4H2/t9-/m1/s1. The Hall–Kier alpha value is -2.43. The van der Waals surface area contributed by atoms with Crippen LogP contribution in [-0.4, -0.2) is 33.8 Å². The fraction of sp³-hybridized carbons (Fsp3) is 0.400. The van der Waals surface area contributed by atoms with Crippen LogP contribution in [0.3, 0.4) is 0 Å². The van der Waals surface area contributed by atoms with Crippen LogP contribution < -0.4 is 5.32 Å². The molecule has 0 spiro atoms. The Kier molecular flexibility index (Phi) is 5.02. The maximum absolute atomic E-state index is 12.1. The normalized spacial score (nSPS) is 12.8. The lowest BCUT2D eigenvalue weighted by Gasteiger charge is -2.14.